The third-order valence-electron chi connectivity index (χ3n) is 3.35. The Labute approximate surface area is 129 Å². The molecule has 0 aliphatic carbocycles. The SMILES string of the molecule is Cc1cc(OC(c2ccc(F)cc2)C(C)N)cc(C)c1Cl. The lowest BCUT2D eigenvalue weighted by molar-refractivity contribution is 0.180. The van der Waals surface area contributed by atoms with Crippen LogP contribution < -0.4 is 10.5 Å². The highest BCUT2D eigenvalue weighted by molar-refractivity contribution is 6.32. The van der Waals surface area contributed by atoms with Crippen molar-refractivity contribution in [2.24, 2.45) is 5.73 Å². The molecule has 2 N–H and O–H groups in total. The Morgan fingerprint density at radius 1 is 1.10 bits per heavy atom. The van der Waals surface area contributed by atoms with E-state index in [4.69, 9.17) is 22.1 Å². The van der Waals surface area contributed by atoms with E-state index in [1.807, 2.05) is 32.9 Å². The van der Waals surface area contributed by atoms with E-state index in [0.29, 0.717) is 5.75 Å². The van der Waals surface area contributed by atoms with Gasteiger partial charge in [0.15, 0.2) is 0 Å². The molecule has 2 aromatic carbocycles. The summed E-state index contributed by atoms with van der Waals surface area (Å²) >= 11 is 6.16. The molecule has 0 saturated heterocycles. The van der Waals surface area contributed by atoms with Gasteiger partial charge in [-0.25, -0.2) is 4.39 Å². The molecule has 2 aromatic rings. The molecule has 0 aliphatic heterocycles. The molecule has 0 aromatic heterocycles. The van der Waals surface area contributed by atoms with Crippen molar-refractivity contribution in [3.8, 4) is 5.75 Å². The Kier molecular flexibility index (Phi) is 4.86. The van der Waals surface area contributed by atoms with Crippen LogP contribution in [0.1, 0.15) is 29.7 Å². The van der Waals surface area contributed by atoms with Gasteiger partial charge in [-0.1, -0.05) is 23.7 Å². The molecule has 21 heavy (non-hydrogen) atoms. The van der Waals surface area contributed by atoms with Crippen LogP contribution in [-0.4, -0.2) is 6.04 Å². The molecular weight excluding hydrogens is 289 g/mol. The van der Waals surface area contributed by atoms with Gasteiger partial charge < -0.3 is 10.5 Å². The van der Waals surface area contributed by atoms with E-state index in [-0.39, 0.29) is 18.0 Å². The quantitative estimate of drug-likeness (QED) is 0.898. The number of aryl methyl sites for hydroxylation is 2. The molecule has 2 nitrogen and oxygen atoms in total. The van der Waals surface area contributed by atoms with Crippen LogP contribution in [0.2, 0.25) is 5.02 Å². The highest BCUT2D eigenvalue weighted by Crippen LogP contribution is 2.30. The Bertz CT molecular complexity index is 602. The van der Waals surface area contributed by atoms with Crippen LogP contribution in [0.4, 0.5) is 4.39 Å². The monoisotopic (exact) mass is 307 g/mol. The molecule has 0 aliphatic rings. The average molecular weight is 308 g/mol. The molecule has 0 amide bonds. The number of hydrogen-bond donors (Lipinski definition) is 1. The third-order valence-corrected chi connectivity index (χ3v) is 3.95. The van der Waals surface area contributed by atoms with Gasteiger partial charge in [-0.15, -0.1) is 0 Å². The van der Waals surface area contributed by atoms with Gasteiger partial charge >= 0.3 is 0 Å². The first-order valence-electron chi connectivity index (χ1n) is 6.83. The molecule has 2 unspecified atom stereocenters. The normalized spacial score (nSPS) is 13.8. The lowest BCUT2D eigenvalue weighted by Gasteiger charge is -2.23. The average Bonchev–Trinajstić information content (AvgIpc) is 2.43. The highest BCUT2D eigenvalue weighted by atomic mass is 35.5. The van der Waals surface area contributed by atoms with Crippen LogP contribution in [-0.2, 0) is 0 Å². The van der Waals surface area contributed by atoms with Gasteiger partial charge in [-0.05, 0) is 61.7 Å². The minimum Gasteiger partial charge on any atom is -0.484 e. The van der Waals surface area contributed by atoms with Crippen LogP contribution in [0.5, 0.6) is 5.75 Å². The predicted molar refractivity (Wildman–Crippen MR) is 84.3 cm³/mol. The topological polar surface area (TPSA) is 35.2 Å². The van der Waals surface area contributed by atoms with Crippen molar-refractivity contribution in [2.45, 2.75) is 32.9 Å². The second-order valence-electron chi connectivity index (χ2n) is 5.32. The van der Waals surface area contributed by atoms with E-state index in [9.17, 15) is 4.39 Å². The fourth-order valence-corrected chi connectivity index (χ4v) is 2.36. The second-order valence-corrected chi connectivity index (χ2v) is 5.70. The van der Waals surface area contributed by atoms with Gasteiger partial charge in [0.05, 0.1) is 0 Å². The van der Waals surface area contributed by atoms with Gasteiger partial charge in [-0.3, -0.25) is 0 Å². The van der Waals surface area contributed by atoms with Gasteiger partial charge in [0.1, 0.15) is 17.7 Å². The standard InChI is InChI=1S/C17H19ClFNO/c1-10-8-15(9-11(2)16(10)18)21-17(12(3)20)13-4-6-14(19)7-5-13/h4-9,12,17H,20H2,1-3H3. The maximum Gasteiger partial charge on any atom is 0.138 e. The number of nitrogens with two attached hydrogens (primary N) is 1. The Balaban J connectivity index is 2.30. The van der Waals surface area contributed by atoms with Crippen molar-refractivity contribution in [3.63, 3.8) is 0 Å². The van der Waals surface area contributed by atoms with E-state index in [0.717, 1.165) is 21.7 Å². The molecule has 0 heterocycles. The highest BCUT2D eigenvalue weighted by Gasteiger charge is 2.19. The maximum atomic E-state index is 13.0. The van der Waals surface area contributed by atoms with Crippen LogP contribution >= 0.6 is 11.6 Å². The fraction of sp³-hybridized carbons (Fsp3) is 0.294. The fourth-order valence-electron chi connectivity index (χ4n) is 2.25. The summed E-state index contributed by atoms with van der Waals surface area (Å²) in [6.45, 7) is 5.73. The van der Waals surface area contributed by atoms with Crippen LogP contribution in [0.15, 0.2) is 36.4 Å². The van der Waals surface area contributed by atoms with Crippen LogP contribution in [0.25, 0.3) is 0 Å². The first-order valence-corrected chi connectivity index (χ1v) is 7.20. The summed E-state index contributed by atoms with van der Waals surface area (Å²) in [6.07, 6.45) is -0.342. The first-order chi connectivity index (χ1) is 9.88. The van der Waals surface area contributed by atoms with Crippen molar-refractivity contribution in [1.29, 1.82) is 0 Å². The van der Waals surface area contributed by atoms with Gasteiger partial charge in [0.25, 0.3) is 0 Å². The van der Waals surface area contributed by atoms with Crippen molar-refractivity contribution in [3.05, 3.63) is 63.9 Å². The Hall–Kier alpha value is -1.58. The lowest BCUT2D eigenvalue weighted by atomic mass is 10.0. The zero-order valence-corrected chi connectivity index (χ0v) is 13.1. The van der Waals surface area contributed by atoms with Crippen molar-refractivity contribution < 1.29 is 9.13 Å². The number of benzene rings is 2. The molecule has 0 spiro atoms. The first kappa shape index (κ1) is 15.8. The lowest BCUT2D eigenvalue weighted by Crippen LogP contribution is -2.29. The summed E-state index contributed by atoms with van der Waals surface area (Å²) in [6, 6.07) is 9.74. The van der Waals surface area contributed by atoms with E-state index < -0.39 is 0 Å². The Morgan fingerprint density at radius 3 is 2.10 bits per heavy atom. The Morgan fingerprint density at radius 2 is 1.62 bits per heavy atom. The molecule has 0 fully saturated rings. The summed E-state index contributed by atoms with van der Waals surface area (Å²) in [4.78, 5) is 0. The van der Waals surface area contributed by atoms with Gasteiger partial charge in [0.2, 0.25) is 0 Å². The van der Waals surface area contributed by atoms with E-state index in [1.165, 1.54) is 12.1 Å². The molecule has 4 heteroatoms. The van der Waals surface area contributed by atoms with Crippen LogP contribution in [0.3, 0.4) is 0 Å². The maximum absolute atomic E-state index is 13.0. The minimum atomic E-state index is -0.342. The van der Waals surface area contributed by atoms with E-state index >= 15 is 0 Å². The molecule has 0 radical (unpaired) electrons. The molecule has 0 bridgehead atoms. The molecule has 2 rings (SSSR count). The molecular formula is C17H19ClFNO. The van der Waals surface area contributed by atoms with E-state index in [2.05, 4.69) is 0 Å². The summed E-state index contributed by atoms with van der Waals surface area (Å²) in [5.41, 5.74) is 8.77. The largest absolute Gasteiger partial charge is 0.484 e. The summed E-state index contributed by atoms with van der Waals surface area (Å²) in [5.74, 6) is 0.432. The van der Waals surface area contributed by atoms with Crippen LogP contribution in [0, 0.1) is 19.7 Å². The molecule has 0 saturated carbocycles. The van der Waals surface area contributed by atoms with Gasteiger partial charge in [0, 0.05) is 11.1 Å². The summed E-state index contributed by atoms with van der Waals surface area (Å²) in [7, 11) is 0. The number of halogens is 2. The summed E-state index contributed by atoms with van der Waals surface area (Å²) < 4.78 is 19.1. The molecule has 2 atom stereocenters. The van der Waals surface area contributed by atoms with Crippen molar-refractivity contribution in [2.75, 3.05) is 0 Å². The smallest absolute Gasteiger partial charge is 0.138 e. The van der Waals surface area contributed by atoms with Crippen molar-refractivity contribution >= 4 is 11.6 Å². The van der Waals surface area contributed by atoms with E-state index in [1.54, 1.807) is 12.1 Å². The minimum absolute atomic E-state index is 0.230. The number of rotatable bonds is 4. The predicted octanol–water partition coefficient (Wildman–Crippen LogP) is 4.56. The number of ether oxygens (including phenoxy) is 1. The third kappa shape index (κ3) is 3.74. The summed E-state index contributed by atoms with van der Waals surface area (Å²) in [5, 5.41) is 0.737. The molecule has 112 valence electrons. The van der Waals surface area contributed by atoms with Gasteiger partial charge in [-0.2, -0.15) is 0 Å². The zero-order valence-electron chi connectivity index (χ0n) is 12.4. The van der Waals surface area contributed by atoms with Crippen molar-refractivity contribution in [1.82, 2.24) is 0 Å². The number of hydrogen-bond acceptors (Lipinski definition) is 2. The zero-order chi connectivity index (χ0) is 15.6. The second kappa shape index (κ2) is 6.46.